The Bertz CT molecular complexity index is 1160. The summed E-state index contributed by atoms with van der Waals surface area (Å²) in [6.45, 7) is 0.674. The third-order valence-corrected chi connectivity index (χ3v) is 7.39. The van der Waals surface area contributed by atoms with Crippen molar-refractivity contribution in [1.82, 2.24) is 4.90 Å². The van der Waals surface area contributed by atoms with Gasteiger partial charge in [-0.3, -0.25) is 0 Å². The minimum atomic E-state index is -3.56. The van der Waals surface area contributed by atoms with Gasteiger partial charge in [0.1, 0.15) is 6.61 Å². The maximum Gasteiger partial charge on any atom is 0.410 e. The number of rotatable bonds is 5. The fourth-order valence-electron chi connectivity index (χ4n) is 3.79. The normalized spacial score (nSPS) is 16.7. The van der Waals surface area contributed by atoms with Gasteiger partial charge in [-0.1, -0.05) is 54.1 Å². The van der Waals surface area contributed by atoms with E-state index in [0.717, 1.165) is 22.8 Å². The van der Waals surface area contributed by atoms with Gasteiger partial charge in [-0.15, -0.1) is 0 Å². The van der Waals surface area contributed by atoms with Crippen LogP contribution in [0.1, 0.15) is 18.4 Å². The third kappa shape index (κ3) is 4.60. The fourth-order valence-corrected chi connectivity index (χ4v) is 5.60. The molecule has 3 aromatic rings. The average Bonchev–Trinajstić information content (AvgIpc) is 3.19. The van der Waals surface area contributed by atoms with E-state index in [-0.39, 0.29) is 23.3 Å². The minimum Gasteiger partial charge on any atom is -0.445 e. The molecule has 1 heterocycles. The molecule has 0 radical (unpaired) electrons. The van der Waals surface area contributed by atoms with Crippen LogP contribution in [0.25, 0.3) is 10.8 Å². The number of amides is 1. The predicted octanol–water partition coefficient (Wildman–Crippen LogP) is 5.07. The Labute approximate surface area is 181 Å². The molecule has 1 unspecified atom stereocenters. The molecule has 0 spiro atoms. The summed E-state index contributed by atoms with van der Waals surface area (Å²) in [5, 5.41) is 2.30. The van der Waals surface area contributed by atoms with Crippen LogP contribution in [-0.2, 0) is 21.2 Å². The van der Waals surface area contributed by atoms with Crippen LogP contribution < -0.4 is 0 Å². The molecular weight excluding hydrogens is 422 g/mol. The SMILES string of the molecule is O=C(OCc1ccccc1)N1CCCC1CS(=O)(=O)c1ccc2cc(Cl)ccc2c1. The van der Waals surface area contributed by atoms with Gasteiger partial charge >= 0.3 is 6.09 Å². The van der Waals surface area contributed by atoms with E-state index < -0.39 is 15.9 Å². The number of carbonyl (C=O) groups excluding carboxylic acids is 1. The zero-order valence-corrected chi connectivity index (χ0v) is 17.9. The molecule has 0 aromatic heterocycles. The molecule has 4 rings (SSSR count). The van der Waals surface area contributed by atoms with E-state index in [1.165, 1.54) is 0 Å². The molecule has 30 heavy (non-hydrogen) atoms. The standard InChI is InChI=1S/C23H22ClNO4S/c24-20-10-8-19-14-22(11-9-18(19)13-20)30(27,28)16-21-7-4-12-25(21)23(26)29-15-17-5-2-1-3-6-17/h1-3,5-6,8-11,13-14,21H,4,7,12,15-16H2. The van der Waals surface area contributed by atoms with Crippen molar-refractivity contribution in [1.29, 1.82) is 0 Å². The van der Waals surface area contributed by atoms with Gasteiger partial charge in [0.2, 0.25) is 0 Å². The summed E-state index contributed by atoms with van der Waals surface area (Å²) in [7, 11) is -3.56. The Morgan fingerprint density at radius 3 is 2.57 bits per heavy atom. The van der Waals surface area contributed by atoms with Gasteiger partial charge < -0.3 is 9.64 Å². The van der Waals surface area contributed by atoms with Gasteiger partial charge in [0, 0.05) is 17.6 Å². The van der Waals surface area contributed by atoms with Crippen molar-refractivity contribution in [2.75, 3.05) is 12.3 Å². The Balaban J connectivity index is 1.46. The Kier molecular flexibility index (Phi) is 5.97. The number of hydrogen-bond donors (Lipinski definition) is 0. The van der Waals surface area contributed by atoms with Crippen molar-refractivity contribution >= 4 is 38.3 Å². The summed E-state index contributed by atoms with van der Waals surface area (Å²) in [4.78, 5) is 14.3. The summed E-state index contributed by atoms with van der Waals surface area (Å²) in [5.41, 5.74) is 0.894. The van der Waals surface area contributed by atoms with Crippen LogP contribution >= 0.6 is 11.6 Å². The summed E-state index contributed by atoms with van der Waals surface area (Å²) in [5.74, 6) is -0.119. The highest BCUT2D eigenvalue weighted by atomic mass is 35.5. The van der Waals surface area contributed by atoms with Gasteiger partial charge in [-0.05, 0) is 53.4 Å². The van der Waals surface area contributed by atoms with E-state index in [0.29, 0.717) is 18.0 Å². The zero-order chi connectivity index (χ0) is 21.1. The third-order valence-electron chi connectivity index (χ3n) is 5.36. The first-order chi connectivity index (χ1) is 14.4. The summed E-state index contributed by atoms with van der Waals surface area (Å²) in [6, 6.07) is 19.4. The molecule has 0 bridgehead atoms. The van der Waals surface area contributed by atoms with E-state index in [4.69, 9.17) is 16.3 Å². The molecule has 1 aliphatic heterocycles. The van der Waals surface area contributed by atoms with Crippen LogP contribution in [0.3, 0.4) is 0 Å². The highest BCUT2D eigenvalue weighted by Gasteiger charge is 2.34. The quantitative estimate of drug-likeness (QED) is 0.552. The molecule has 0 aliphatic carbocycles. The lowest BCUT2D eigenvalue weighted by atomic mass is 10.1. The van der Waals surface area contributed by atoms with Crippen molar-refractivity contribution in [3.05, 3.63) is 77.3 Å². The van der Waals surface area contributed by atoms with Crippen molar-refractivity contribution in [2.24, 2.45) is 0 Å². The van der Waals surface area contributed by atoms with Crippen LogP contribution in [0, 0.1) is 0 Å². The van der Waals surface area contributed by atoms with E-state index in [2.05, 4.69) is 0 Å². The lowest BCUT2D eigenvalue weighted by Gasteiger charge is -2.24. The molecule has 3 aromatic carbocycles. The first-order valence-corrected chi connectivity index (χ1v) is 11.8. The number of nitrogens with zero attached hydrogens (tertiary/aromatic N) is 1. The summed E-state index contributed by atoms with van der Waals surface area (Å²) >= 11 is 6.00. The minimum absolute atomic E-state index is 0.119. The molecule has 1 aliphatic rings. The Hall–Kier alpha value is -2.57. The number of fused-ring (bicyclic) bond motifs is 1. The van der Waals surface area contributed by atoms with E-state index in [9.17, 15) is 13.2 Å². The number of benzene rings is 3. The highest BCUT2D eigenvalue weighted by Crippen LogP contribution is 2.26. The molecule has 156 valence electrons. The molecule has 1 atom stereocenters. The van der Waals surface area contributed by atoms with Gasteiger partial charge in [0.15, 0.2) is 9.84 Å². The molecule has 0 N–H and O–H groups in total. The Morgan fingerprint density at radius 2 is 1.77 bits per heavy atom. The van der Waals surface area contributed by atoms with Crippen molar-refractivity contribution in [3.63, 3.8) is 0 Å². The van der Waals surface area contributed by atoms with Gasteiger partial charge in [0.05, 0.1) is 10.6 Å². The van der Waals surface area contributed by atoms with E-state index in [1.807, 2.05) is 30.3 Å². The van der Waals surface area contributed by atoms with Gasteiger partial charge in [-0.25, -0.2) is 13.2 Å². The predicted molar refractivity (Wildman–Crippen MR) is 117 cm³/mol. The number of halogens is 1. The number of sulfone groups is 1. The highest BCUT2D eigenvalue weighted by molar-refractivity contribution is 7.91. The van der Waals surface area contributed by atoms with Crippen LogP contribution in [0.2, 0.25) is 5.02 Å². The van der Waals surface area contributed by atoms with Crippen LogP contribution in [0.5, 0.6) is 0 Å². The van der Waals surface area contributed by atoms with Crippen molar-refractivity contribution < 1.29 is 17.9 Å². The second kappa shape index (κ2) is 8.66. The number of ether oxygens (including phenoxy) is 1. The fraction of sp³-hybridized carbons (Fsp3) is 0.261. The summed E-state index contributed by atoms with van der Waals surface area (Å²) < 4.78 is 31.5. The molecular formula is C23H22ClNO4S. The lowest BCUT2D eigenvalue weighted by molar-refractivity contribution is 0.0948. The largest absolute Gasteiger partial charge is 0.445 e. The number of carbonyl (C=O) groups is 1. The molecule has 5 nitrogen and oxygen atoms in total. The monoisotopic (exact) mass is 443 g/mol. The molecule has 0 saturated carbocycles. The van der Waals surface area contributed by atoms with Crippen molar-refractivity contribution in [3.8, 4) is 0 Å². The molecule has 1 amide bonds. The van der Waals surface area contributed by atoms with Crippen LogP contribution in [0.15, 0.2) is 71.6 Å². The van der Waals surface area contributed by atoms with Crippen LogP contribution in [-0.4, -0.2) is 37.8 Å². The van der Waals surface area contributed by atoms with Gasteiger partial charge in [0.25, 0.3) is 0 Å². The second-order valence-corrected chi connectivity index (χ2v) is 9.93. The topological polar surface area (TPSA) is 63.7 Å². The first kappa shape index (κ1) is 20.7. The van der Waals surface area contributed by atoms with E-state index in [1.54, 1.807) is 41.3 Å². The molecule has 1 saturated heterocycles. The lowest BCUT2D eigenvalue weighted by Crippen LogP contribution is -2.40. The maximum absolute atomic E-state index is 13.0. The molecule has 1 fully saturated rings. The first-order valence-electron chi connectivity index (χ1n) is 9.82. The second-order valence-electron chi connectivity index (χ2n) is 7.46. The molecule has 7 heteroatoms. The number of hydrogen-bond acceptors (Lipinski definition) is 4. The van der Waals surface area contributed by atoms with Crippen LogP contribution in [0.4, 0.5) is 4.79 Å². The summed E-state index contributed by atoms with van der Waals surface area (Å²) in [6.07, 6.45) is 0.935. The van der Waals surface area contributed by atoms with E-state index >= 15 is 0 Å². The Morgan fingerprint density at radius 1 is 1.03 bits per heavy atom. The number of likely N-dealkylation sites (tertiary alicyclic amines) is 1. The maximum atomic E-state index is 13.0. The average molecular weight is 444 g/mol. The van der Waals surface area contributed by atoms with Crippen molar-refractivity contribution in [2.45, 2.75) is 30.4 Å². The van der Waals surface area contributed by atoms with Gasteiger partial charge in [-0.2, -0.15) is 0 Å². The smallest absolute Gasteiger partial charge is 0.410 e. The zero-order valence-electron chi connectivity index (χ0n) is 16.3.